The van der Waals surface area contributed by atoms with Crippen LogP contribution in [0.3, 0.4) is 0 Å². The van der Waals surface area contributed by atoms with Gasteiger partial charge in [0.2, 0.25) is 10.0 Å². The summed E-state index contributed by atoms with van der Waals surface area (Å²) >= 11 is 5.60. The Morgan fingerprint density at radius 1 is 1.33 bits per heavy atom. The lowest BCUT2D eigenvalue weighted by molar-refractivity contribution is 0.387. The summed E-state index contributed by atoms with van der Waals surface area (Å²) in [4.78, 5) is 0. The van der Waals surface area contributed by atoms with Crippen molar-refractivity contribution in [2.24, 2.45) is 5.92 Å². The molecule has 0 amide bonds. The highest BCUT2D eigenvalue weighted by Crippen LogP contribution is 2.16. The molecule has 5 heteroatoms. The van der Waals surface area contributed by atoms with Crippen molar-refractivity contribution in [2.75, 3.05) is 11.6 Å². The van der Waals surface area contributed by atoms with Crippen LogP contribution in [0.15, 0.2) is 0 Å². The van der Waals surface area contributed by atoms with Gasteiger partial charge in [0.1, 0.15) is 0 Å². The standard InChI is InChI=1S/C10H22ClNO2S/c1-5-10(4,6-2)12-15(13,14)8-9(3)7-11/h9,12H,5-8H2,1-4H3. The summed E-state index contributed by atoms with van der Waals surface area (Å²) in [5.74, 6) is 0.462. The van der Waals surface area contributed by atoms with Crippen LogP contribution in [-0.2, 0) is 10.0 Å². The van der Waals surface area contributed by atoms with E-state index in [1.807, 2.05) is 27.7 Å². The molecule has 0 spiro atoms. The third kappa shape index (κ3) is 5.73. The maximum atomic E-state index is 11.8. The van der Waals surface area contributed by atoms with Gasteiger partial charge in [0.15, 0.2) is 0 Å². The summed E-state index contributed by atoms with van der Waals surface area (Å²) in [5, 5.41) is 0. The van der Waals surface area contributed by atoms with Gasteiger partial charge in [-0.2, -0.15) is 0 Å². The molecule has 0 fully saturated rings. The Hall–Kier alpha value is 0.200. The SMILES string of the molecule is CCC(C)(CC)NS(=O)(=O)CC(C)CCl. The molecule has 0 aliphatic heterocycles. The van der Waals surface area contributed by atoms with Crippen molar-refractivity contribution in [2.45, 2.75) is 46.1 Å². The minimum atomic E-state index is -3.21. The highest BCUT2D eigenvalue weighted by Gasteiger charge is 2.26. The molecule has 0 saturated heterocycles. The Labute approximate surface area is 98.6 Å². The molecule has 0 saturated carbocycles. The van der Waals surface area contributed by atoms with Crippen LogP contribution in [0.2, 0.25) is 0 Å². The van der Waals surface area contributed by atoms with Gasteiger partial charge >= 0.3 is 0 Å². The zero-order valence-corrected chi connectivity index (χ0v) is 11.6. The molecule has 1 N–H and O–H groups in total. The molecule has 0 heterocycles. The molecule has 0 aromatic rings. The van der Waals surface area contributed by atoms with Crippen molar-refractivity contribution in [1.29, 1.82) is 0 Å². The Kier molecular flexibility index (Phi) is 6.14. The van der Waals surface area contributed by atoms with Gasteiger partial charge in [-0.15, -0.1) is 11.6 Å². The molecule has 0 aliphatic carbocycles. The number of hydrogen-bond donors (Lipinski definition) is 1. The predicted molar refractivity (Wildman–Crippen MR) is 65.8 cm³/mol. The first kappa shape index (κ1) is 15.2. The Morgan fingerprint density at radius 3 is 2.13 bits per heavy atom. The van der Waals surface area contributed by atoms with Crippen LogP contribution in [-0.4, -0.2) is 25.6 Å². The van der Waals surface area contributed by atoms with E-state index < -0.39 is 10.0 Å². The fourth-order valence-electron chi connectivity index (χ4n) is 1.23. The largest absolute Gasteiger partial charge is 0.212 e. The van der Waals surface area contributed by atoms with Gasteiger partial charge in [-0.1, -0.05) is 20.8 Å². The van der Waals surface area contributed by atoms with E-state index in [0.29, 0.717) is 5.88 Å². The maximum Gasteiger partial charge on any atom is 0.212 e. The first-order valence-electron chi connectivity index (χ1n) is 5.36. The Balaban J connectivity index is 4.50. The van der Waals surface area contributed by atoms with E-state index in [-0.39, 0.29) is 17.2 Å². The van der Waals surface area contributed by atoms with Crippen molar-refractivity contribution >= 4 is 21.6 Å². The van der Waals surface area contributed by atoms with Crippen molar-refractivity contribution < 1.29 is 8.42 Å². The van der Waals surface area contributed by atoms with Crippen molar-refractivity contribution in [3.8, 4) is 0 Å². The molecule has 0 bridgehead atoms. The summed E-state index contributed by atoms with van der Waals surface area (Å²) < 4.78 is 26.3. The molecule has 15 heavy (non-hydrogen) atoms. The average Bonchev–Trinajstić information content (AvgIpc) is 2.16. The van der Waals surface area contributed by atoms with Crippen molar-refractivity contribution in [3.05, 3.63) is 0 Å². The third-order valence-corrected chi connectivity index (χ3v) is 5.07. The molecule has 1 atom stereocenters. The summed E-state index contributed by atoms with van der Waals surface area (Å²) in [6.07, 6.45) is 1.58. The smallest absolute Gasteiger partial charge is 0.212 e. The van der Waals surface area contributed by atoms with Gasteiger partial charge in [-0.05, 0) is 25.7 Å². The van der Waals surface area contributed by atoms with Gasteiger partial charge < -0.3 is 0 Å². The normalized spacial score (nSPS) is 15.3. The Morgan fingerprint density at radius 2 is 1.80 bits per heavy atom. The summed E-state index contributed by atoms with van der Waals surface area (Å²) in [6.45, 7) is 7.73. The second-order valence-corrected chi connectivity index (χ2v) is 6.49. The van der Waals surface area contributed by atoms with E-state index in [1.54, 1.807) is 0 Å². The number of alkyl halides is 1. The average molecular weight is 256 g/mol. The van der Waals surface area contributed by atoms with Crippen molar-refractivity contribution in [1.82, 2.24) is 4.72 Å². The van der Waals surface area contributed by atoms with Crippen LogP contribution in [0.1, 0.15) is 40.5 Å². The third-order valence-electron chi connectivity index (χ3n) is 2.73. The van der Waals surface area contributed by atoms with Crippen molar-refractivity contribution in [3.63, 3.8) is 0 Å². The van der Waals surface area contributed by atoms with E-state index >= 15 is 0 Å². The van der Waals surface area contributed by atoms with Gasteiger partial charge in [0.25, 0.3) is 0 Å². The molecule has 1 unspecified atom stereocenters. The first-order valence-corrected chi connectivity index (χ1v) is 7.55. The van der Waals surface area contributed by atoms with Crippen LogP contribution in [0.25, 0.3) is 0 Å². The van der Waals surface area contributed by atoms with Crippen LogP contribution in [0.4, 0.5) is 0 Å². The van der Waals surface area contributed by atoms with E-state index in [4.69, 9.17) is 11.6 Å². The van der Waals surface area contributed by atoms with Gasteiger partial charge in [0, 0.05) is 11.4 Å². The minimum Gasteiger partial charge on any atom is -0.212 e. The number of halogens is 1. The fraction of sp³-hybridized carbons (Fsp3) is 1.00. The van der Waals surface area contributed by atoms with Crippen LogP contribution >= 0.6 is 11.6 Å². The lowest BCUT2D eigenvalue weighted by atomic mass is 9.98. The van der Waals surface area contributed by atoms with Crippen LogP contribution < -0.4 is 4.72 Å². The van der Waals surface area contributed by atoms with Crippen LogP contribution in [0, 0.1) is 5.92 Å². The number of rotatable bonds is 7. The molecule has 3 nitrogen and oxygen atoms in total. The second-order valence-electron chi connectivity index (χ2n) is 4.41. The van der Waals surface area contributed by atoms with E-state index in [0.717, 1.165) is 12.8 Å². The zero-order valence-electron chi connectivity index (χ0n) is 10.0. The highest BCUT2D eigenvalue weighted by atomic mass is 35.5. The maximum absolute atomic E-state index is 11.8. The van der Waals surface area contributed by atoms with Crippen LogP contribution in [0.5, 0.6) is 0 Å². The number of hydrogen-bond acceptors (Lipinski definition) is 2. The molecular formula is C10H22ClNO2S. The number of sulfonamides is 1. The molecule has 0 radical (unpaired) electrons. The van der Waals surface area contributed by atoms with E-state index in [9.17, 15) is 8.42 Å². The fourth-order valence-corrected chi connectivity index (χ4v) is 3.46. The zero-order chi connectivity index (χ0) is 12.1. The lowest BCUT2D eigenvalue weighted by Gasteiger charge is -2.28. The molecule has 0 aliphatic rings. The summed E-state index contributed by atoms with van der Waals surface area (Å²) in [6, 6.07) is 0. The summed E-state index contributed by atoms with van der Waals surface area (Å²) in [7, 11) is -3.21. The second kappa shape index (κ2) is 6.06. The first-order chi connectivity index (χ1) is 6.78. The summed E-state index contributed by atoms with van der Waals surface area (Å²) in [5.41, 5.74) is -0.329. The van der Waals surface area contributed by atoms with Gasteiger partial charge in [-0.25, -0.2) is 13.1 Å². The molecule has 0 aromatic carbocycles. The predicted octanol–water partition coefficient (Wildman–Crippen LogP) is 2.36. The molecular weight excluding hydrogens is 234 g/mol. The van der Waals surface area contributed by atoms with Gasteiger partial charge in [-0.3, -0.25) is 0 Å². The molecule has 0 aromatic heterocycles. The highest BCUT2D eigenvalue weighted by molar-refractivity contribution is 7.89. The lowest BCUT2D eigenvalue weighted by Crippen LogP contribution is -2.46. The van der Waals surface area contributed by atoms with E-state index in [2.05, 4.69) is 4.72 Å². The van der Waals surface area contributed by atoms with Gasteiger partial charge in [0.05, 0.1) is 5.75 Å². The minimum absolute atomic E-state index is 0.0119. The quantitative estimate of drug-likeness (QED) is 0.710. The number of nitrogens with one attached hydrogen (secondary N) is 1. The molecule has 0 rings (SSSR count). The monoisotopic (exact) mass is 255 g/mol. The van der Waals surface area contributed by atoms with E-state index in [1.165, 1.54) is 0 Å². The molecule has 92 valence electrons. The Bertz CT molecular complexity index is 273. The topological polar surface area (TPSA) is 46.2 Å².